The number of benzene rings is 2. The molecule has 2 saturated carbocycles. The maximum Gasteiger partial charge on any atom is 0.264 e. The fourth-order valence-electron chi connectivity index (χ4n) is 8.18. The molecule has 40 heavy (non-hydrogen) atoms. The largest absolute Gasteiger partial charge is 0.377 e. The van der Waals surface area contributed by atoms with E-state index < -0.39 is 15.6 Å². The number of hydrogen-bond donors (Lipinski definition) is 1. The van der Waals surface area contributed by atoms with Gasteiger partial charge in [0.2, 0.25) is 0 Å². The summed E-state index contributed by atoms with van der Waals surface area (Å²) < 4.78 is 27.8. The highest BCUT2D eigenvalue weighted by molar-refractivity contribution is 7.92. The molecule has 208 valence electrons. The van der Waals surface area contributed by atoms with Gasteiger partial charge >= 0.3 is 0 Å². The van der Waals surface area contributed by atoms with Gasteiger partial charge in [0.1, 0.15) is 5.60 Å². The summed E-state index contributed by atoms with van der Waals surface area (Å²) in [6.45, 7) is 4.03. The molecule has 0 amide bonds. The molecular formula is C34H37NO4S. The molecule has 0 aromatic heterocycles. The molecule has 0 radical (unpaired) electrons. The van der Waals surface area contributed by atoms with Crippen molar-refractivity contribution in [1.29, 1.82) is 0 Å². The van der Waals surface area contributed by atoms with Gasteiger partial charge in [-0.1, -0.05) is 48.7 Å². The van der Waals surface area contributed by atoms with E-state index in [9.17, 15) is 18.3 Å². The summed E-state index contributed by atoms with van der Waals surface area (Å²) in [6, 6.07) is 16.4. The number of allylic oxidation sites excluding steroid dienone is 4. The molecule has 2 aromatic carbocycles. The first-order valence-electron chi connectivity index (χ1n) is 14.4. The van der Waals surface area contributed by atoms with Crippen molar-refractivity contribution in [3.05, 3.63) is 83.0 Å². The van der Waals surface area contributed by atoms with Crippen molar-refractivity contribution >= 4 is 21.5 Å². The molecule has 5 atom stereocenters. The summed E-state index contributed by atoms with van der Waals surface area (Å²) in [5.74, 6) is 7.20. The zero-order valence-corrected chi connectivity index (χ0v) is 24.3. The Bertz CT molecular complexity index is 1580. The van der Waals surface area contributed by atoms with Gasteiger partial charge in [-0.05, 0) is 104 Å². The van der Waals surface area contributed by atoms with Crippen LogP contribution in [0.3, 0.4) is 0 Å². The molecule has 2 fully saturated rings. The number of carbonyl (C=O) groups is 1. The van der Waals surface area contributed by atoms with Crippen molar-refractivity contribution < 1.29 is 18.3 Å². The van der Waals surface area contributed by atoms with Gasteiger partial charge in [-0.15, -0.1) is 5.92 Å². The molecule has 0 heterocycles. The second-order valence-electron chi connectivity index (χ2n) is 12.1. The Morgan fingerprint density at radius 3 is 2.42 bits per heavy atom. The van der Waals surface area contributed by atoms with Crippen molar-refractivity contribution in [1.82, 2.24) is 0 Å². The molecule has 6 rings (SSSR count). The zero-order chi connectivity index (χ0) is 28.3. The number of ketones is 1. The number of carbonyl (C=O) groups excluding carboxylic acids is 1. The van der Waals surface area contributed by atoms with Crippen LogP contribution in [0.5, 0.6) is 0 Å². The summed E-state index contributed by atoms with van der Waals surface area (Å²) in [6.07, 6.45) is 7.51. The SMILES string of the molecule is CC#C[C@]1(O)CC[C@H]2[C@@H]3CCC4=CC(=O)CCC4=C3[C@@H](c3ccc(N(C)S(=O)(=O)c4ccccc4)cc3)C[C@@]21C. The predicted molar refractivity (Wildman–Crippen MR) is 157 cm³/mol. The molecular weight excluding hydrogens is 518 g/mol. The fraction of sp³-hybridized carbons (Fsp3) is 0.441. The highest BCUT2D eigenvalue weighted by Gasteiger charge is 2.62. The van der Waals surface area contributed by atoms with E-state index >= 15 is 0 Å². The predicted octanol–water partition coefficient (Wildman–Crippen LogP) is 6.17. The maximum atomic E-state index is 13.2. The smallest absolute Gasteiger partial charge is 0.264 e. The third-order valence-corrected chi connectivity index (χ3v) is 12.1. The van der Waals surface area contributed by atoms with Gasteiger partial charge in [-0.25, -0.2) is 8.42 Å². The van der Waals surface area contributed by atoms with Crippen LogP contribution in [0.15, 0.2) is 82.3 Å². The van der Waals surface area contributed by atoms with Crippen LogP contribution in [-0.2, 0) is 14.8 Å². The minimum atomic E-state index is -3.68. The Kier molecular flexibility index (Phi) is 6.59. The van der Waals surface area contributed by atoms with Crippen LogP contribution in [0.1, 0.15) is 70.3 Å². The fourth-order valence-corrected chi connectivity index (χ4v) is 9.40. The number of anilines is 1. The first kappa shape index (κ1) is 27.1. The van der Waals surface area contributed by atoms with E-state index in [0.717, 1.165) is 37.7 Å². The third kappa shape index (κ3) is 4.09. The summed E-state index contributed by atoms with van der Waals surface area (Å²) in [4.78, 5) is 12.6. The summed E-state index contributed by atoms with van der Waals surface area (Å²) in [5, 5.41) is 11.9. The monoisotopic (exact) mass is 555 g/mol. The molecule has 0 unspecified atom stereocenters. The van der Waals surface area contributed by atoms with Crippen LogP contribution >= 0.6 is 0 Å². The number of rotatable bonds is 4. The van der Waals surface area contributed by atoms with Gasteiger partial charge in [0.05, 0.1) is 10.6 Å². The van der Waals surface area contributed by atoms with Crippen molar-refractivity contribution in [3.63, 3.8) is 0 Å². The molecule has 2 aromatic rings. The van der Waals surface area contributed by atoms with Gasteiger partial charge in [0.25, 0.3) is 10.0 Å². The molecule has 5 nitrogen and oxygen atoms in total. The van der Waals surface area contributed by atoms with E-state index in [1.807, 2.05) is 18.2 Å². The van der Waals surface area contributed by atoms with Crippen LogP contribution in [0, 0.1) is 29.1 Å². The minimum absolute atomic E-state index is 0.0755. The number of nitrogens with zero attached hydrogens (tertiary/aromatic N) is 1. The molecule has 4 aliphatic rings. The van der Waals surface area contributed by atoms with E-state index in [4.69, 9.17) is 0 Å². The topological polar surface area (TPSA) is 74.7 Å². The first-order chi connectivity index (χ1) is 19.1. The van der Waals surface area contributed by atoms with Crippen molar-refractivity contribution in [2.75, 3.05) is 11.4 Å². The lowest BCUT2D eigenvalue weighted by atomic mass is 9.51. The summed E-state index contributed by atoms with van der Waals surface area (Å²) >= 11 is 0. The van der Waals surface area contributed by atoms with Crippen molar-refractivity contribution in [2.24, 2.45) is 17.3 Å². The normalized spacial score (nSPS) is 31.4. The summed E-state index contributed by atoms with van der Waals surface area (Å²) in [7, 11) is -2.09. The zero-order valence-electron chi connectivity index (χ0n) is 23.5. The van der Waals surface area contributed by atoms with E-state index in [2.05, 4.69) is 30.9 Å². The van der Waals surface area contributed by atoms with Crippen molar-refractivity contribution in [2.45, 2.75) is 75.2 Å². The van der Waals surface area contributed by atoms with Crippen LogP contribution in [0.25, 0.3) is 0 Å². The number of fused-ring (bicyclic) bond motifs is 4. The lowest BCUT2D eigenvalue weighted by Gasteiger charge is -2.53. The van der Waals surface area contributed by atoms with Gasteiger partial charge in [0, 0.05) is 24.8 Å². The van der Waals surface area contributed by atoms with Crippen LogP contribution in [-0.4, -0.2) is 32.0 Å². The Morgan fingerprint density at radius 2 is 1.73 bits per heavy atom. The second-order valence-corrected chi connectivity index (χ2v) is 14.1. The molecule has 4 aliphatic carbocycles. The van der Waals surface area contributed by atoms with Gasteiger partial charge in [-0.3, -0.25) is 9.10 Å². The van der Waals surface area contributed by atoms with E-state index in [0.29, 0.717) is 30.4 Å². The Hall–Kier alpha value is -3.14. The third-order valence-electron chi connectivity index (χ3n) is 10.3. The quantitative estimate of drug-likeness (QED) is 0.458. The van der Waals surface area contributed by atoms with Gasteiger partial charge < -0.3 is 5.11 Å². The number of sulfonamides is 1. The number of aliphatic hydroxyl groups is 1. The molecule has 0 saturated heterocycles. The highest BCUT2D eigenvalue weighted by Crippen LogP contribution is 2.66. The summed E-state index contributed by atoms with van der Waals surface area (Å²) in [5.41, 5.74) is 4.34. The van der Waals surface area contributed by atoms with Crippen LogP contribution < -0.4 is 4.31 Å². The maximum absolute atomic E-state index is 13.2. The van der Waals surface area contributed by atoms with Crippen molar-refractivity contribution in [3.8, 4) is 11.8 Å². The Balaban J connectivity index is 1.42. The van der Waals surface area contributed by atoms with E-state index in [-0.39, 0.29) is 22.0 Å². The lowest BCUT2D eigenvalue weighted by Crippen LogP contribution is -2.51. The van der Waals surface area contributed by atoms with Crippen LogP contribution in [0.4, 0.5) is 5.69 Å². The average Bonchev–Trinajstić information content (AvgIpc) is 3.22. The molecule has 6 heteroatoms. The highest BCUT2D eigenvalue weighted by atomic mass is 32.2. The second kappa shape index (κ2) is 9.75. The molecule has 0 spiro atoms. The number of hydrogen-bond acceptors (Lipinski definition) is 4. The first-order valence-corrected chi connectivity index (χ1v) is 15.8. The molecule has 0 bridgehead atoms. The van der Waals surface area contributed by atoms with Gasteiger partial charge in [0.15, 0.2) is 5.78 Å². The Morgan fingerprint density at radius 1 is 1.00 bits per heavy atom. The lowest BCUT2D eigenvalue weighted by molar-refractivity contribution is -0.114. The van der Waals surface area contributed by atoms with E-state index in [1.165, 1.54) is 21.0 Å². The van der Waals surface area contributed by atoms with E-state index in [1.54, 1.807) is 44.3 Å². The standard InChI is InChI=1S/C34H37NO4S/c1-4-19-34(37)20-18-31-29-16-12-24-21-26(36)15-17-28(24)32(29)30(22-33(31,34)2)23-10-13-25(14-11-23)35(3)40(38,39)27-8-6-5-7-9-27/h5-11,13-14,21,29-31,37H,12,15-18,20,22H2,1-3H3/t29-,30+,31-,33-,34-/m0/s1. The Labute approximate surface area is 238 Å². The minimum Gasteiger partial charge on any atom is -0.377 e. The molecule has 0 aliphatic heterocycles. The van der Waals surface area contributed by atoms with Gasteiger partial charge in [-0.2, -0.15) is 0 Å². The van der Waals surface area contributed by atoms with Crippen LogP contribution in [0.2, 0.25) is 0 Å². The average molecular weight is 556 g/mol. The molecule has 1 N–H and O–H groups in total.